The first-order chi connectivity index (χ1) is 17.4. The fraction of sp³-hybridized carbons (Fsp3) is 0.207. The van der Waals surface area contributed by atoms with Crippen molar-refractivity contribution in [3.63, 3.8) is 0 Å². The van der Waals surface area contributed by atoms with Gasteiger partial charge in [0.15, 0.2) is 6.10 Å². The highest BCUT2D eigenvalue weighted by Crippen LogP contribution is 2.39. The molecule has 3 aromatic carbocycles. The number of ether oxygens (including phenoxy) is 1. The number of aromatic nitrogens is 1. The second-order valence-corrected chi connectivity index (χ2v) is 9.63. The van der Waals surface area contributed by atoms with E-state index in [4.69, 9.17) is 9.72 Å². The van der Waals surface area contributed by atoms with Gasteiger partial charge in [-0.15, -0.1) is 11.3 Å². The maximum Gasteiger partial charge on any atom is 0.268 e. The Hall–Kier alpha value is -3.97. The van der Waals surface area contributed by atoms with Crippen molar-refractivity contribution in [2.24, 2.45) is 0 Å². The largest absolute Gasteiger partial charge is 0.479 e. The summed E-state index contributed by atoms with van der Waals surface area (Å²) in [7, 11) is 0. The molecule has 2 atom stereocenters. The third-order valence-corrected chi connectivity index (χ3v) is 7.22. The van der Waals surface area contributed by atoms with Crippen LogP contribution in [-0.2, 0) is 16.0 Å². The van der Waals surface area contributed by atoms with Crippen molar-refractivity contribution < 1.29 is 14.3 Å². The number of thiazole rings is 1. The Morgan fingerprint density at radius 3 is 2.56 bits per heavy atom. The normalized spacial score (nSPS) is 15.7. The number of amides is 2. The van der Waals surface area contributed by atoms with Crippen molar-refractivity contribution in [3.05, 3.63) is 83.7 Å². The van der Waals surface area contributed by atoms with Gasteiger partial charge in [0, 0.05) is 22.2 Å². The van der Waals surface area contributed by atoms with Crippen LogP contribution < -0.4 is 15.0 Å². The van der Waals surface area contributed by atoms with Gasteiger partial charge < -0.3 is 10.1 Å². The average Bonchev–Trinajstić information content (AvgIpc) is 3.40. The van der Waals surface area contributed by atoms with Crippen molar-refractivity contribution >= 4 is 34.5 Å². The number of nitrogens with one attached hydrogen (secondary N) is 1. The Bertz CT molecular complexity index is 1400. The summed E-state index contributed by atoms with van der Waals surface area (Å²) in [6, 6.07) is 22.7. The number of nitrogens with zero attached hydrogens (tertiary/aromatic N) is 2. The molecule has 6 nitrogen and oxygen atoms in total. The molecule has 1 aliphatic rings. The van der Waals surface area contributed by atoms with Gasteiger partial charge in [-0.1, -0.05) is 49.4 Å². The zero-order valence-corrected chi connectivity index (χ0v) is 21.2. The third-order valence-electron chi connectivity index (χ3n) is 6.32. The Labute approximate surface area is 214 Å². The van der Waals surface area contributed by atoms with E-state index in [1.165, 1.54) is 10.5 Å². The maximum absolute atomic E-state index is 13.2. The zero-order valence-electron chi connectivity index (χ0n) is 20.4. The second-order valence-electron chi connectivity index (χ2n) is 8.77. The molecular formula is C29H27N3O3S. The minimum absolute atomic E-state index is 0.258. The van der Waals surface area contributed by atoms with E-state index in [0.717, 1.165) is 28.2 Å². The van der Waals surface area contributed by atoms with E-state index >= 15 is 0 Å². The van der Waals surface area contributed by atoms with Crippen LogP contribution in [0.5, 0.6) is 5.75 Å². The smallest absolute Gasteiger partial charge is 0.268 e. The van der Waals surface area contributed by atoms with Crippen LogP contribution in [0.4, 0.5) is 11.4 Å². The molecule has 1 aliphatic heterocycles. The summed E-state index contributed by atoms with van der Waals surface area (Å²) >= 11 is 1.56. The molecule has 0 spiro atoms. The molecule has 5 rings (SSSR count). The van der Waals surface area contributed by atoms with E-state index in [1.54, 1.807) is 25.2 Å². The lowest BCUT2D eigenvalue weighted by molar-refractivity contribution is -0.128. The molecule has 36 heavy (non-hydrogen) atoms. The SMILES string of the molecule is CCc1ccc(NC(=O)C(C)N2C(=O)C(C)Oc3ccc(-c4csc(-c5ccccc5)n4)cc32)cc1. The van der Waals surface area contributed by atoms with Gasteiger partial charge in [0.25, 0.3) is 5.91 Å². The monoisotopic (exact) mass is 497 g/mol. The number of benzene rings is 3. The Morgan fingerprint density at radius 1 is 1.08 bits per heavy atom. The lowest BCUT2D eigenvalue weighted by Crippen LogP contribution is -2.52. The third kappa shape index (κ3) is 4.62. The summed E-state index contributed by atoms with van der Waals surface area (Å²) in [4.78, 5) is 32.7. The van der Waals surface area contributed by atoms with Crippen LogP contribution in [-0.4, -0.2) is 28.9 Å². The number of hydrogen-bond acceptors (Lipinski definition) is 5. The maximum atomic E-state index is 13.2. The minimum atomic E-state index is -0.737. The molecule has 0 aliphatic carbocycles. The molecule has 2 unspecified atom stereocenters. The zero-order chi connectivity index (χ0) is 25.2. The van der Waals surface area contributed by atoms with E-state index in [2.05, 4.69) is 12.2 Å². The summed E-state index contributed by atoms with van der Waals surface area (Å²) in [5, 5.41) is 5.86. The minimum Gasteiger partial charge on any atom is -0.479 e. The van der Waals surface area contributed by atoms with Gasteiger partial charge in [-0.2, -0.15) is 0 Å². The van der Waals surface area contributed by atoms with Crippen molar-refractivity contribution in [1.82, 2.24) is 4.98 Å². The van der Waals surface area contributed by atoms with Gasteiger partial charge in [0.2, 0.25) is 5.91 Å². The number of aryl methyl sites for hydroxylation is 1. The topological polar surface area (TPSA) is 71.5 Å². The molecule has 0 saturated heterocycles. The first kappa shape index (κ1) is 23.8. The predicted octanol–water partition coefficient (Wildman–Crippen LogP) is 6.18. The fourth-order valence-electron chi connectivity index (χ4n) is 4.23. The van der Waals surface area contributed by atoms with Crippen LogP contribution >= 0.6 is 11.3 Å². The lowest BCUT2D eigenvalue weighted by atomic mass is 10.1. The van der Waals surface area contributed by atoms with Crippen molar-refractivity contribution in [3.8, 4) is 27.6 Å². The van der Waals surface area contributed by atoms with E-state index in [9.17, 15) is 9.59 Å². The van der Waals surface area contributed by atoms with Crippen LogP contribution in [0.2, 0.25) is 0 Å². The van der Waals surface area contributed by atoms with Crippen molar-refractivity contribution in [2.75, 3.05) is 10.2 Å². The van der Waals surface area contributed by atoms with E-state index in [0.29, 0.717) is 17.1 Å². The number of hydrogen-bond donors (Lipinski definition) is 1. The van der Waals surface area contributed by atoms with Gasteiger partial charge in [-0.3, -0.25) is 14.5 Å². The quantitative estimate of drug-likeness (QED) is 0.345. The molecule has 0 radical (unpaired) electrons. The standard InChI is InChI=1S/C29H27N3O3S/c1-4-20-10-13-23(14-11-20)30-27(33)18(2)32-25-16-22(12-15-26(25)35-19(3)29(32)34)24-17-36-28(31-24)21-8-6-5-7-9-21/h5-19H,4H2,1-3H3,(H,30,33). The van der Waals surface area contributed by atoms with Crippen LogP contribution in [0, 0.1) is 0 Å². The molecule has 2 amide bonds. The van der Waals surface area contributed by atoms with E-state index in [1.807, 2.05) is 78.2 Å². The predicted molar refractivity (Wildman–Crippen MR) is 144 cm³/mol. The van der Waals surface area contributed by atoms with Crippen molar-refractivity contribution in [2.45, 2.75) is 39.3 Å². The summed E-state index contributed by atoms with van der Waals surface area (Å²) in [5.41, 5.74) is 5.17. The number of carbonyl (C=O) groups excluding carboxylic acids is 2. The number of carbonyl (C=O) groups is 2. The molecule has 1 aromatic heterocycles. The van der Waals surface area contributed by atoms with Gasteiger partial charge in [-0.25, -0.2) is 4.98 Å². The van der Waals surface area contributed by atoms with Crippen LogP contribution in [0.3, 0.4) is 0 Å². The highest BCUT2D eigenvalue weighted by Gasteiger charge is 2.37. The summed E-state index contributed by atoms with van der Waals surface area (Å²) in [6.07, 6.45) is 0.238. The molecule has 0 bridgehead atoms. The molecule has 7 heteroatoms. The molecule has 2 heterocycles. The Morgan fingerprint density at radius 2 is 1.83 bits per heavy atom. The molecule has 1 N–H and O–H groups in total. The number of anilines is 2. The molecule has 0 saturated carbocycles. The van der Waals surface area contributed by atoms with Crippen LogP contribution in [0.1, 0.15) is 26.3 Å². The van der Waals surface area contributed by atoms with Gasteiger partial charge in [0.05, 0.1) is 11.4 Å². The molecular weight excluding hydrogens is 470 g/mol. The number of fused-ring (bicyclic) bond motifs is 1. The van der Waals surface area contributed by atoms with Gasteiger partial charge >= 0.3 is 0 Å². The van der Waals surface area contributed by atoms with Crippen LogP contribution in [0.25, 0.3) is 21.8 Å². The van der Waals surface area contributed by atoms with Gasteiger partial charge in [-0.05, 0) is 56.2 Å². The summed E-state index contributed by atoms with van der Waals surface area (Å²) in [6.45, 7) is 5.52. The first-order valence-electron chi connectivity index (χ1n) is 12.0. The first-order valence-corrected chi connectivity index (χ1v) is 12.9. The average molecular weight is 498 g/mol. The Kier molecular flexibility index (Phi) is 6.57. The highest BCUT2D eigenvalue weighted by atomic mass is 32.1. The Balaban J connectivity index is 1.44. The number of rotatable bonds is 6. The van der Waals surface area contributed by atoms with E-state index in [-0.39, 0.29) is 11.8 Å². The highest BCUT2D eigenvalue weighted by molar-refractivity contribution is 7.13. The van der Waals surface area contributed by atoms with Crippen molar-refractivity contribution in [1.29, 1.82) is 0 Å². The van der Waals surface area contributed by atoms with E-state index < -0.39 is 12.1 Å². The summed E-state index contributed by atoms with van der Waals surface area (Å²) in [5.74, 6) is 0.0428. The fourth-order valence-corrected chi connectivity index (χ4v) is 5.06. The molecule has 4 aromatic rings. The van der Waals surface area contributed by atoms with Crippen LogP contribution in [0.15, 0.2) is 78.2 Å². The van der Waals surface area contributed by atoms with Gasteiger partial charge in [0.1, 0.15) is 16.8 Å². The summed E-state index contributed by atoms with van der Waals surface area (Å²) < 4.78 is 5.87. The second kappa shape index (κ2) is 9.95. The lowest BCUT2D eigenvalue weighted by Gasteiger charge is -2.36. The molecule has 0 fully saturated rings. The molecule has 182 valence electrons.